The smallest absolute Gasteiger partial charge is 0.416 e. The van der Waals surface area contributed by atoms with Crippen LogP contribution < -0.4 is 0 Å². The Labute approximate surface area is 193 Å². The van der Waals surface area contributed by atoms with Crippen molar-refractivity contribution in [1.82, 2.24) is 3.97 Å². The first-order valence-electron chi connectivity index (χ1n) is 10.3. The van der Waals surface area contributed by atoms with Crippen LogP contribution in [0.4, 0.5) is 13.2 Å². The number of carboxylic acid groups (broad SMARTS) is 1. The second-order valence-corrected chi connectivity index (χ2v) is 10.4. The van der Waals surface area contributed by atoms with E-state index in [1.54, 1.807) is 0 Å². The highest BCUT2D eigenvalue weighted by atomic mass is 32.2. The zero-order valence-corrected chi connectivity index (χ0v) is 19.1. The highest BCUT2D eigenvalue weighted by Crippen LogP contribution is 2.35. The van der Waals surface area contributed by atoms with Crippen molar-refractivity contribution < 1.29 is 45.7 Å². The molecular formula is C22H22F3NO7S. The fourth-order valence-corrected chi connectivity index (χ4v) is 5.48. The van der Waals surface area contributed by atoms with Gasteiger partial charge in [0, 0.05) is 11.8 Å². The van der Waals surface area contributed by atoms with Crippen LogP contribution in [0.15, 0.2) is 47.9 Å². The van der Waals surface area contributed by atoms with E-state index in [-0.39, 0.29) is 29.6 Å². The van der Waals surface area contributed by atoms with E-state index in [1.807, 2.05) is 0 Å². The van der Waals surface area contributed by atoms with Crippen molar-refractivity contribution in [2.75, 3.05) is 13.2 Å². The maximum atomic E-state index is 13.7. The standard InChI is InChI=1S/C22H22F3NO7S/c1-21(2,20(27)28)33-12-15-10-13-9-14(22(23,24)25)3-5-17(13)26(15)34(29,30)16-4-6-18-19(11-16)32-8-7-31-18/h3-6,9-10,16H,7-8,11-12H2,1-2H3,(H,27,28). The lowest BCUT2D eigenvalue weighted by Gasteiger charge is -2.27. The largest absolute Gasteiger partial charge is 0.490 e. The summed E-state index contributed by atoms with van der Waals surface area (Å²) >= 11 is 0. The number of aromatic nitrogens is 1. The van der Waals surface area contributed by atoms with Gasteiger partial charge in [0.05, 0.1) is 23.4 Å². The molecule has 1 N–H and O–H groups in total. The summed E-state index contributed by atoms with van der Waals surface area (Å²) in [6.07, 6.45) is -1.71. The molecule has 1 aliphatic heterocycles. The fourth-order valence-electron chi connectivity index (χ4n) is 3.70. The van der Waals surface area contributed by atoms with Crippen LogP contribution in [0.2, 0.25) is 0 Å². The summed E-state index contributed by atoms with van der Waals surface area (Å²) in [4.78, 5) is 11.4. The van der Waals surface area contributed by atoms with Crippen molar-refractivity contribution in [2.45, 2.75) is 43.9 Å². The van der Waals surface area contributed by atoms with Crippen LogP contribution in [0.1, 0.15) is 31.5 Å². The lowest BCUT2D eigenvalue weighted by atomic mass is 10.1. The number of halogens is 3. The fraction of sp³-hybridized carbons (Fsp3) is 0.409. The molecule has 1 aromatic heterocycles. The number of ether oxygens (including phenoxy) is 3. The molecule has 2 heterocycles. The summed E-state index contributed by atoms with van der Waals surface area (Å²) in [6.45, 7) is 2.73. The van der Waals surface area contributed by atoms with Gasteiger partial charge >= 0.3 is 12.1 Å². The molecule has 34 heavy (non-hydrogen) atoms. The molecule has 1 aliphatic carbocycles. The van der Waals surface area contributed by atoms with Crippen molar-refractivity contribution in [3.8, 4) is 0 Å². The van der Waals surface area contributed by atoms with Crippen molar-refractivity contribution in [1.29, 1.82) is 0 Å². The number of allylic oxidation sites excluding steroid dienone is 2. The van der Waals surface area contributed by atoms with Gasteiger partial charge in [-0.25, -0.2) is 17.2 Å². The Morgan fingerprint density at radius 3 is 2.59 bits per heavy atom. The predicted molar refractivity (Wildman–Crippen MR) is 114 cm³/mol. The monoisotopic (exact) mass is 501 g/mol. The number of fused-ring (bicyclic) bond motifs is 1. The SMILES string of the molecule is CC(C)(OCc1cc2cc(C(F)(F)F)ccc2n1S(=O)(=O)C1C=CC2=C(C1)OCCO2)C(=O)O. The molecule has 0 fully saturated rings. The first-order valence-corrected chi connectivity index (χ1v) is 11.8. The number of hydrogen-bond acceptors (Lipinski definition) is 6. The van der Waals surface area contributed by atoms with Crippen molar-refractivity contribution in [2.24, 2.45) is 0 Å². The molecule has 1 aromatic carbocycles. The highest BCUT2D eigenvalue weighted by molar-refractivity contribution is 7.90. The van der Waals surface area contributed by atoms with Gasteiger partial charge in [-0.15, -0.1) is 0 Å². The minimum atomic E-state index is -4.62. The maximum Gasteiger partial charge on any atom is 0.416 e. The number of aliphatic carboxylic acids is 1. The molecule has 8 nitrogen and oxygen atoms in total. The average molecular weight is 501 g/mol. The molecule has 184 valence electrons. The molecule has 2 aromatic rings. The summed E-state index contributed by atoms with van der Waals surface area (Å²) in [7, 11) is -4.21. The number of rotatable bonds is 6. The molecule has 0 radical (unpaired) electrons. The number of hydrogen-bond donors (Lipinski definition) is 1. The molecule has 12 heteroatoms. The first-order chi connectivity index (χ1) is 15.8. The third kappa shape index (κ3) is 4.39. The minimum absolute atomic E-state index is 0.00219. The Balaban J connectivity index is 1.79. The number of carboxylic acids is 1. The van der Waals surface area contributed by atoms with E-state index in [2.05, 4.69) is 0 Å². The van der Waals surface area contributed by atoms with Crippen LogP contribution in [0.25, 0.3) is 10.9 Å². The van der Waals surface area contributed by atoms with Gasteiger partial charge in [-0.3, -0.25) is 0 Å². The average Bonchev–Trinajstić information content (AvgIpc) is 3.15. The maximum absolute atomic E-state index is 13.7. The summed E-state index contributed by atoms with van der Waals surface area (Å²) < 4.78 is 84.5. The van der Waals surface area contributed by atoms with Crippen LogP contribution in [-0.4, -0.2) is 47.5 Å². The van der Waals surface area contributed by atoms with Crippen LogP contribution >= 0.6 is 0 Å². The number of nitrogens with zero attached hydrogens (tertiary/aromatic N) is 1. The van der Waals surface area contributed by atoms with E-state index < -0.39 is 45.2 Å². The van der Waals surface area contributed by atoms with E-state index in [0.717, 1.165) is 22.2 Å². The molecule has 0 spiro atoms. The van der Waals surface area contributed by atoms with Crippen LogP contribution in [0.5, 0.6) is 0 Å². The number of benzene rings is 1. The van der Waals surface area contributed by atoms with Gasteiger partial charge < -0.3 is 19.3 Å². The summed E-state index contributed by atoms with van der Waals surface area (Å²) in [5.74, 6) is -0.457. The number of alkyl halides is 3. The molecule has 0 amide bonds. The molecule has 0 saturated carbocycles. The molecule has 0 saturated heterocycles. The van der Waals surface area contributed by atoms with E-state index >= 15 is 0 Å². The zero-order chi connectivity index (χ0) is 24.9. The molecule has 1 unspecified atom stereocenters. The quantitative estimate of drug-likeness (QED) is 0.642. The van der Waals surface area contributed by atoms with Crippen molar-refractivity contribution in [3.63, 3.8) is 0 Å². The Morgan fingerprint density at radius 1 is 1.21 bits per heavy atom. The van der Waals surface area contributed by atoms with Gasteiger partial charge in [0.1, 0.15) is 24.2 Å². The third-order valence-electron chi connectivity index (χ3n) is 5.63. The first kappa shape index (κ1) is 24.1. The number of carbonyl (C=O) groups is 1. The topological polar surface area (TPSA) is 104 Å². The van der Waals surface area contributed by atoms with Gasteiger partial charge in [-0.2, -0.15) is 13.2 Å². The molecule has 0 bridgehead atoms. The molecule has 4 rings (SSSR count). The summed E-state index contributed by atoms with van der Waals surface area (Å²) in [5, 5.41) is 8.26. The minimum Gasteiger partial charge on any atom is -0.490 e. The Bertz CT molecular complexity index is 1310. The Kier molecular flexibility index (Phi) is 5.93. The summed E-state index contributed by atoms with van der Waals surface area (Å²) in [6, 6.07) is 3.99. The van der Waals surface area contributed by atoms with Gasteiger partial charge in [0.25, 0.3) is 0 Å². The lowest BCUT2D eigenvalue weighted by molar-refractivity contribution is -0.162. The Morgan fingerprint density at radius 2 is 1.91 bits per heavy atom. The van der Waals surface area contributed by atoms with Gasteiger partial charge in [0.2, 0.25) is 10.0 Å². The van der Waals surface area contributed by atoms with Gasteiger partial charge in [-0.05, 0) is 44.2 Å². The second-order valence-electron chi connectivity index (χ2n) is 8.41. The van der Waals surface area contributed by atoms with Gasteiger partial charge in [0.15, 0.2) is 11.4 Å². The van der Waals surface area contributed by atoms with E-state index in [9.17, 15) is 31.5 Å². The van der Waals surface area contributed by atoms with Gasteiger partial charge in [-0.1, -0.05) is 6.08 Å². The normalized spacial score (nSPS) is 19.0. The van der Waals surface area contributed by atoms with Crippen LogP contribution in [0.3, 0.4) is 0 Å². The lowest BCUT2D eigenvalue weighted by Crippen LogP contribution is -2.35. The molecule has 2 aliphatic rings. The van der Waals surface area contributed by atoms with Crippen LogP contribution in [-0.2, 0) is 41.8 Å². The predicted octanol–water partition coefficient (Wildman–Crippen LogP) is 3.80. The third-order valence-corrected chi connectivity index (χ3v) is 7.66. The van der Waals surface area contributed by atoms with Crippen molar-refractivity contribution in [3.05, 3.63) is 59.2 Å². The second kappa shape index (κ2) is 8.35. The van der Waals surface area contributed by atoms with Crippen molar-refractivity contribution >= 4 is 26.9 Å². The molecular weight excluding hydrogens is 479 g/mol. The Hall–Kier alpha value is -2.99. The van der Waals surface area contributed by atoms with Crippen LogP contribution in [0, 0.1) is 0 Å². The van der Waals surface area contributed by atoms with E-state index in [1.165, 1.54) is 32.1 Å². The summed E-state index contributed by atoms with van der Waals surface area (Å²) in [5.41, 5.74) is -2.57. The van der Waals surface area contributed by atoms with E-state index in [4.69, 9.17) is 14.2 Å². The van der Waals surface area contributed by atoms with E-state index in [0.29, 0.717) is 18.1 Å². The molecule has 1 atom stereocenters. The highest BCUT2D eigenvalue weighted by Gasteiger charge is 2.36. The zero-order valence-electron chi connectivity index (χ0n) is 18.3.